The van der Waals surface area contributed by atoms with Gasteiger partial charge in [0.25, 0.3) is 0 Å². The summed E-state index contributed by atoms with van der Waals surface area (Å²) in [5, 5.41) is 2.09. The van der Waals surface area contributed by atoms with Gasteiger partial charge >= 0.3 is 0 Å². The van der Waals surface area contributed by atoms with Crippen molar-refractivity contribution >= 4 is 59.0 Å². The third-order valence-corrected chi connectivity index (χ3v) is 5.29. The molecule has 0 bridgehead atoms. The SMILES string of the molecule is CC(=O)CCl.Cc1ccccc1-n1c(C)csc1=S.Cc1ccccc1N.Cl. The third-order valence-electron chi connectivity index (χ3n) is 3.60. The van der Waals surface area contributed by atoms with Crippen LogP contribution in [0.15, 0.2) is 53.9 Å². The van der Waals surface area contributed by atoms with Crippen LogP contribution in [0.4, 0.5) is 5.69 Å². The maximum Gasteiger partial charge on any atom is 0.165 e. The van der Waals surface area contributed by atoms with E-state index in [1.807, 2.05) is 43.3 Å². The normalized spacial score (nSPS) is 9.18. The predicted octanol–water partition coefficient (Wildman–Crippen LogP) is 6.70. The number of benzene rings is 2. The number of Topliss-reactive ketones (excluding diaryl/α,β-unsaturated/α-hetero) is 1. The maximum absolute atomic E-state index is 9.68. The highest BCUT2D eigenvalue weighted by Gasteiger charge is 2.04. The van der Waals surface area contributed by atoms with Crippen molar-refractivity contribution in [3.05, 3.63) is 74.7 Å². The standard InChI is InChI=1S/C11H11NS2.C7H9N.C3H5ClO.ClH/c1-8-5-3-4-6-10(8)12-9(2)7-14-11(12)13;1-6-4-2-3-5-7(6)8;1-3(5)2-4;/h3-7H,1-2H3;2-5H,8H2,1H3;2H2,1H3;1H. The van der Waals surface area contributed by atoms with Gasteiger partial charge in [-0.1, -0.05) is 36.4 Å². The number of alkyl halides is 1. The lowest BCUT2D eigenvalue weighted by atomic mass is 10.2. The lowest BCUT2D eigenvalue weighted by Crippen LogP contribution is -1.97. The van der Waals surface area contributed by atoms with Crippen LogP contribution in [0.1, 0.15) is 23.7 Å². The minimum Gasteiger partial charge on any atom is -0.399 e. The minimum absolute atomic E-state index is 0. The molecule has 0 atom stereocenters. The molecule has 0 amide bonds. The number of nitrogens with zero attached hydrogens (tertiary/aromatic N) is 1. The number of nitrogens with two attached hydrogens (primary N) is 1. The molecule has 0 spiro atoms. The molecule has 3 rings (SSSR count). The highest BCUT2D eigenvalue weighted by molar-refractivity contribution is 7.73. The fourth-order valence-electron chi connectivity index (χ4n) is 2.07. The van der Waals surface area contributed by atoms with E-state index >= 15 is 0 Å². The first-order valence-corrected chi connectivity index (χ1v) is 10.2. The van der Waals surface area contributed by atoms with Crippen LogP contribution < -0.4 is 5.73 Å². The zero-order chi connectivity index (χ0) is 20.4. The summed E-state index contributed by atoms with van der Waals surface area (Å²) in [4.78, 5) is 9.68. The minimum atomic E-state index is 0. The Kier molecular flexibility index (Phi) is 12.7. The highest BCUT2D eigenvalue weighted by Crippen LogP contribution is 2.20. The van der Waals surface area contributed by atoms with Gasteiger partial charge in [0.2, 0.25) is 0 Å². The molecule has 0 aliphatic rings. The van der Waals surface area contributed by atoms with Crippen LogP contribution in [0.25, 0.3) is 5.69 Å². The van der Waals surface area contributed by atoms with Crippen LogP contribution >= 0.6 is 47.6 Å². The third kappa shape index (κ3) is 8.57. The lowest BCUT2D eigenvalue weighted by Gasteiger charge is -2.08. The molecular formula is C21H26Cl2N2OS2. The van der Waals surface area contributed by atoms with Gasteiger partial charge in [-0.2, -0.15) is 0 Å². The van der Waals surface area contributed by atoms with Crippen LogP contribution in [0, 0.1) is 24.7 Å². The Morgan fingerprint density at radius 1 is 1.07 bits per heavy atom. The summed E-state index contributed by atoms with van der Waals surface area (Å²) >= 11 is 11.9. The molecule has 0 unspecified atom stereocenters. The summed E-state index contributed by atoms with van der Waals surface area (Å²) in [7, 11) is 0. The Labute approximate surface area is 187 Å². The van der Waals surface area contributed by atoms with E-state index in [2.05, 4.69) is 35.9 Å². The Morgan fingerprint density at radius 3 is 1.93 bits per heavy atom. The van der Waals surface area contributed by atoms with Gasteiger partial charge in [0.15, 0.2) is 3.95 Å². The molecule has 2 N–H and O–H groups in total. The van der Waals surface area contributed by atoms with E-state index in [4.69, 9.17) is 29.6 Å². The van der Waals surface area contributed by atoms with E-state index < -0.39 is 0 Å². The Morgan fingerprint density at radius 2 is 1.57 bits per heavy atom. The second-order valence-electron chi connectivity index (χ2n) is 5.96. The van der Waals surface area contributed by atoms with Crippen molar-refractivity contribution < 1.29 is 4.79 Å². The van der Waals surface area contributed by atoms with Crippen molar-refractivity contribution in [3.8, 4) is 5.69 Å². The summed E-state index contributed by atoms with van der Waals surface area (Å²) in [6, 6.07) is 16.1. The average Bonchev–Trinajstić information content (AvgIpc) is 2.98. The molecular weight excluding hydrogens is 431 g/mol. The van der Waals surface area contributed by atoms with Gasteiger partial charge in [-0.3, -0.25) is 9.36 Å². The molecule has 3 aromatic rings. The zero-order valence-corrected chi connectivity index (χ0v) is 19.6. The lowest BCUT2D eigenvalue weighted by molar-refractivity contribution is -0.114. The molecule has 0 aliphatic carbocycles. The molecule has 0 saturated carbocycles. The molecule has 152 valence electrons. The van der Waals surface area contributed by atoms with E-state index in [1.165, 1.54) is 23.9 Å². The highest BCUT2D eigenvalue weighted by atomic mass is 35.5. The summed E-state index contributed by atoms with van der Waals surface area (Å²) in [6.45, 7) is 7.63. The molecule has 2 aromatic carbocycles. The number of anilines is 1. The first-order valence-electron chi connectivity index (χ1n) is 8.37. The van der Waals surface area contributed by atoms with Crippen LogP contribution in [0.2, 0.25) is 0 Å². The molecule has 28 heavy (non-hydrogen) atoms. The summed E-state index contributed by atoms with van der Waals surface area (Å²) in [6.07, 6.45) is 0. The van der Waals surface area contributed by atoms with Gasteiger partial charge in [-0.15, -0.1) is 35.3 Å². The Balaban J connectivity index is 0.000000444. The number of para-hydroxylation sites is 2. The van der Waals surface area contributed by atoms with Gasteiger partial charge in [0.1, 0.15) is 5.78 Å². The van der Waals surface area contributed by atoms with Gasteiger partial charge < -0.3 is 5.73 Å². The summed E-state index contributed by atoms with van der Waals surface area (Å²) in [5.41, 5.74) is 11.2. The first-order chi connectivity index (χ1) is 12.8. The summed E-state index contributed by atoms with van der Waals surface area (Å²) in [5.74, 6) is 0.159. The number of carbonyl (C=O) groups is 1. The van der Waals surface area contributed by atoms with Gasteiger partial charge in [-0.25, -0.2) is 0 Å². The Hall–Kier alpha value is -1.66. The largest absolute Gasteiger partial charge is 0.399 e. The quantitative estimate of drug-likeness (QED) is 0.265. The number of hydrogen-bond donors (Lipinski definition) is 1. The van der Waals surface area contributed by atoms with Crippen molar-refractivity contribution in [2.24, 2.45) is 0 Å². The van der Waals surface area contributed by atoms with Crippen LogP contribution in [0.3, 0.4) is 0 Å². The van der Waals surface area contributed by atoms with Crippen molar-refractivity contribution in [3.63, 3.8) is 0 Å². The van der Waals surface area contributed by atoms with E-state index in [0.717, 1.165) is 15.2 Å². The maximum atomic E-state index is 9.68. The molecule has 0 fully saturated rings. The van der Waals surface area contributed by atoms with Crippen molar-refractivity contribution in [2.75, 3.05) is 11.6 Å². The molecule has 3 nitrogen and oxygen atoms in total. The first kappa shape index (κ1) is 26.3. The molecule has 0 saturated heterocycles. The van der Waals surface area contributed by atoms with E-state index in [9.17, 15) is 4.79 Å². The molecule has 1 heterocycles. The Bertz CT molecular complexity index is 915. The second kappa shape index (κ2) is 13.5. The summed E-state index contributed by atoms with van der Waals surface area (Å²) < 4.78 is 3.03. The second-order valence-corrected chi connectivity index (χ2v) is 7.73. The zero-order valence-electron chi connectivity index (χ0n) is 16.4. The molecule has 1 aromatic heterocycles. The number of hydrogen-bond acceptors (Lipinski definition) is 4. The number of thiazole rings is 1. The average molecular weight is 457 g/mol. The number of nitrogen functional groups attached to an aromatic ring is 1. The fraction of sp³-hybridized carbons (Fsp3) is 0.238. The number of aryl methyl sites for hydroxylation is 3. The van der Waals surface area contributed by atoms with Crippen LogP contribution in [0.5, 0.6) is 0 Å². The van der Waals surface area contributed by atoms with Gasteiger partial charge in [0.05, 0.1) is 11.6 Å². The number of aromatic nitrogens is 1. The van der Waals surface area contributed by atoms with Gasteiger partial charge in [0, 0.05) is 16.8 Å². The fourth-order valence-corrected chi connectivity index (χ4v) is 3.19. The monoisotopic (exact) mass is 456 g/mol. The van der Waals surface area contributed by atoms with E-state index in [1.54, 1.807) is 11.3 Å². The van der Waals surface area contributed by atoms with Crippen LogP contribution in [-0.4, -0.2) is 16.2 Å². The topological polar surface area (TPSA) is 48.0 Å². The van der Waals surface area contributed by atoms with Crippen molar-refractivity contribution in [2.45, 2.75) is 27.7 Å². The van der Waals surface area contributed by atoms with E-state index in [0.29, 0.717) is 0 Å². The van der Waals surface area contributed by atoms with Crippen molar-refractivity contribution in [1.82, 2.24) is 4.57 Å². The number of rotatable bonds is 2. The molecule has 7 heteroatoms. The van der Waals surface area contributed by atoms with Crippen LogP contribution in [-0.2, 0) is 4.79 Å². The molecule has 0 aliphatic heterocycles. The number of halogens is 2. The number of carbonyl (C=O) groups excluding carboxylic acids is 1. The van der Waals surface area contributed by atoms with Crippen molar-refractivity contribution in [1.29, 1.82) is 0 Å². The van der Waals surface area contributed by atoms with Gasteiger partial charge in [-0.05, 0) is 63.2 Å². The molecule has 0 radical (unpaired) electrons. The number of ketones is 1. The predicted molar refractivity (Wildman–Crippen MR) is 128 cm³/mol. The smallest absolute Gasteiger partial charge is 0.165 e. The van der Waals surface area contributed by atoms with E-state index in [-0.39, 0.29) is 24.1 Å².